The standard InChI is InChI=1S/C15H19N3O4/c1-3-5-9-12(10-7-6-8-11-19)22-14-13(16-18-17-14)15(20)21-4-2/h5-7,9-11H,3-4,8H2,1-2H3,(H,16,17,18)/b7-6-,9-5-,12-10+. The summed E-state index contributed by atoms with van der Waals surface area (Å²) in [6, 6.07) is 0. The Hall–Kier alpha value is -2.70. The third-order valence-corrected chi connectivity index (χ3v) is 2.36. The second kappa shape index (κ2) is 10.1. The van der Waals surface area contributed by atoms with Crippen molar-refractivity contribution < 1.29 is 19.1 Å². The summed E-state index contributed by atoms with van der Waals surface area (Å²) < 4.78 is 10.4. The summed E-state index contributed by atoms with van der Waals surface area (Å²) in [4.78, 5) is 22.0. The summed E-state index contributed by atoms with van der Waals surface area (Å²) in [5, 5.41) is 9.73. The van der Waals surface area contributed by atoms with E-state index in [0.29, 0.717) is 12.2 Å². The lowest BCUT2D eigenvalue weighted by molar-refractivity contribution is -0.107. The first-order chi connectivity index (χ1) is 10.7. The highest BCUT2D eigenvalue weighted by Gasteiger charge is 2.18. The predicted molar refractivity (Wildman–Crippen MR) is 80.3 cm³/mol. The summed E-state index contributed by atoms with van der Waals surface area (Å²) in [5.41, 5.74) is 0.0505. The topological polar surface area (TPSA) is 94.2 Å². The van der Waals surface area contributed by atoms with Crippen LogP contribution in [0.15, 0.2) is 36.1 Å². The lowest BCUT2D eigenvalue weighted by Crippen LogP contribution is -2.07. The lowest BCUT2D eigenvalue weighted by Gasteiger charge is -2.04. The average Bonchev–Trinajstić information content (AvgIpc) is 2.97. The molecule has 0 aliphatic heterocycles. The Bertz CT molecular complexity index is 573. The molecule has 22 heavy (non-hydrogen) atoms. The van der Waals surface area contributed by atoms with E-state index >= 15 is 0 Å². The Kier molecular flexibility index (Phi) is 7.96. The van der Waals surface area contributed by atoms with Crippen molar-refractivity contribution >= 4 is 12.3 Å². The van der Waals surface area contributed by atoms with E-state index in [-0.39, 0.29) is 18.2 Å². The van der Waals surface area contributed by atoms with Crippen LogP contribution in [0.4, 0.5) is 0 Å². The summed E-state index contributed by atoms with van der Waals surface area (Å²) in [6.45, 7) is 3.93. The maximum Gasteiger partial charge on any atom is 0.362 e. The first kappa shape index (κ1) is 17.4. The molecule has 1 rings (SSSR count). The van der Waals surface area contributed by atoms with Gasteiger partial charge < -0.3 is 14.3 Å². The normalized spacial score (nSPS) is 12.0. The number of hydrogen-bond acceptors (Lipinski definition) is 6. The predicted octanol–water partition coefficient (Wildman–Crippen LogP) is 2.36. The van der Waals surface area contributed by atoms with Crippen LogP contribution in [0.2, 0.25) is 0 Å². The van der Waals surface area contributed by atoms with Gasteiger partial charge in [0.2, 0.25) is 5.69 Å². The number of allylic oxidation sites excluding steroid dienone is 5. The van der Waals surface area contributed by atoms with Gasteiger partial charge in [0, 0.05) is 6.42 Å². The van der Waals surface area contributed by atoms with Crippen LogP contribution in [-0.2, 0) is 9.53 Å². The first-order valence-corrected chi connectivity index (χ1v) is 6.95. The van der Waals surface area contributed by atoms with Crippen molar-refractivity contribution in [2.24, 2.45) is 0 Å². The maximum atomic E-state index is 11.7. The largest absolute Gasteiger partial charge is 0.461 e. The molecular weight excluding hydrogens is 286 g/mol. The maximum absolute atomic E-state index is 11.7. The first-order valence-electron chi connectivity index (χ1n) is 6.95. The third-order valence-electron chi connectivity index (χ3n) is 2.36. The highest BCUT2D eigenvalue weighted by Crippen LogP contribution is 2.16. The van der Waals surface area contributed by atoms with Crippen molar-refractivity contribution in [2.45, 2.75) is 26.7 Å². The van der Waals surface area contributed by atoms with Crippen molar-refractivity contribution in [1.82, 2.24) is 15.4 Å². The van der Waals surface area contributed by atoms with Crippen LogP contribution in [0.5, 0.6) is 5.88 Å². The monoisotopic (exact) mass is 305 g/mol. The number of nitrogens with one attached hydrogen (secondary N) is 1. The highest BCUT2D eigenvalue weighted by atomic mass is 16.5. The molecule has 0 unspecified atom stereocenters. The van der Waals surface area contributed by atoms with Gasteiger partial charge in [-0.1, -0.05) is 35.5 Å². The summed E-state index contributed by atoms with van der Waals surface area (Å²) >= 11 is 0. The second-order valence-corrected chi connectivity index (χ2v) is 4.02. The molecule has 0 bridgehead atoms. The highest BCUT2D eigenvalue weighted by molar-refractivity contribution is 5.89. The molecule has 0 saturated heterocycles. The number of aldehydes is 1. The molecule has 0 fully saturated rings. The molecular formula is C15H19N3O4. The number of esters is 1. The Morgan fingerprint density at radius 1 is 1.32 bits per heavy atom. The fourth-order valence-corrected chi connectivity index (χ4v) is 1.39. The SMILES string of the molecule is CC\C=C/C(=C\C=C/CC=O)Oc1nn[nH]c1C(=O)OCC. The summed E-state index contributed by atoms with van der Waals surface area (Å²) in [5.74, 6) is -0.0875. The molecule has 0 aromatic carbocycles. The van der Waals surface area contributed by atoms with Gasteiger partial charge in [-0.25, -0.2) is 9.89 Å². The number of aromatic nitrogens is 3. The number of nitrogens with zero attached hydrogens (tertiary/aromatic N) is 2. The van der Waals surface area contributed by atoms with Crippen LogP contribution in [0.25, 0.3) is 0 Å². The Balaban J connectivity index is 2.90. The molecule has 0 radical (unpaired) electrons. The molecule has 0 aliphatic carbocycles. The van der Waals surface area contributed by atoms with E-state index in [0.717, 1.165) is 12.7 Å². The molecule has 0 aliphatic rings. The van der Waals surface area contributed by atoms with E-state index < -0.39 is 5.97 Å². The molecule has 118 valence electrons. The van der Waals surface area contributed by atoms with Gasteiger partial charge in [-0.15, -0.1) is 0 Å². The second-order valence-electron chi connectivity index (χ2n) is 4.02. The number of carbonyl (C=O) groups excluding carboxylic acids is 2. The Labute approximate surface area is 128 Å². The molecule has 0 spiro atoms. The summed E-state index contributed by atoms with van der Waals surface area (Å²) in [6.07, 6.45) is 10.6. The van der Waals surface area contributed by atoms with Crippen molar-refractivity contribution in [1.29, 1.82) is 0 Å². The van der Waals surface area contributed by atoms with E-state index in [9.17, 15) is 9.59 Å². The molecule has 1 aromatic rings. The lowest BCUT2D eigenvalue weighted by atomic mass is 10.3. The van der Waals surface area contributed by atoms with Crippen molar-refractivity contribution in [3.05, 3.63) is 41.8 Å². The van der Waals surface area contributed by atoms with E-state index in [4.69, 9.17) is 9.47 Å². The van der Waals surface area contributed by atoms with Gasteiger partial charge in [0.05, 0.1) is 6.61 Å². The van der Waals surface area contributed by atoms with E-state index in [2.05, 4.69) is 15.4 Å². The van der Waals surface area contributed by atoms with Gasteiger partial charge in [0.15, 0.2) is 0 Å². The van der Waals surface area contributed by atoms with Gasteiger partial charge in [0.25, 0.3) is 5.88 Å². The number of ether oxygens (including phenoxy) is 2. The average molecular weight is 305 g/mol. The fraction of sp³-hybridized carbons (Fsp3) is 0.333. The quantitative estimate of drug-likeness (QED) is 0.326. The Morgan fingerprint density at radius 3 is 2.82 bits per heavy atom. The van der Waals surface area contributed by atoms with E-state index in [1.165, 1.54) is 0 Å². The number of rotatable bonds is 9. The van der Waals surface area contributed by atoms with E-state index in [1.54, 1.807) is 31.2 Å². The van der Waals surface area contributed by atoms with Gasteiger partial charge >= 0.3 is 5.97 Å². The van der Waals surface area contributed by atoms with Crippen LogP contribution in [-0.4, -0.2) is 34.3 Å². The Morgan fingerprint density at radius 2 is 2.14 bits per heavy atom. The molecule has 1 heterocycles. The van der Waals surface area contributed by atoms with Crippen molar-refractivity contribution in [3.8, 4) is 5.88 Å². The van der Waals surface area contributed by atoms with Gasteiger partial charge in [-0.05, 0) is 25.5 Å². The number of H-pyrrole nitrogens is 1. The number of hydrogen-bond donors (Lipinski definition) is 1. The smallest absolute Gasteiger partial charge is 0.362 e. The van der Waals surface area contributed by atoms with Crippen LogP contribution >= 0.6 is 0 Å². The van der Waals surface area contributed by atoms with Crippen molar-refractivity contribution in [2.75, 3.05) is 6.61 Å². The molecule has 0 amide bonds. The molecule has 7 nitrogen and oxygen atoms in total. The van der Waals surface area contributed by atoms with Gasteiger partial charge in [-0.3, -0.25) is 0 Å². The minimum Gasteiger partial charge on any atom is -0.461 e. The zero-order valence-electron chi connectivity index (χ0n) is 12.6. The van der Waals surface area contributed by atoms with Gasteiger partial charge in [-0.2, -0.15) is 0 Å². The van der Waals surface area contributed by atoms with Crippen molar-refractivity contribution in [3.63, 3.8) is 0 Å². The third kappa shape index (κ3) is 5.74. The number of carbonyl (C=O) groups is 2. The molecule has 0 atom stereocenters. The zero-order valence-corrected chi connectivity index (χ0v) is 12.6. The van der Waals surface area contributed by atoms with Gasteiger partial charge in [0.1, 0.15) is 12.0 Å². The molecule has 0 saturated carbocycles. The van der Waals surface area contributed by atoms with Crippen LogP contribution in [0.1, 0.15) is 37.2 Å². The zero-order chi connectivity index (χ0) is 16.2. The molecule has 7 heteroatoms. The minimum atomic E-state index is -0.585. The van der Waals surface area contributed by atoms with Crippen LogP contribution in [0.3, 0.4) is 0 Å². The number of aromatic amines is 1. The molecule has 1 N–H and O–H groups in total. The summed E-state index contributed by atoms with van der Waals surface area (Å²) in [7, 11) is 0. The fourth-order valence-electron chi connectivity index (χ4n) is 1.39. The molecule has 1 aromatic heterocycles. The minimum absolute atomic E-state index is 0.0363. The van der Waals surface area contributed by atoms with E-state index in [1.807, 2.05) is 13.0 Å². The van der Waals surface area contributed by atoms with Crippen LogP contribution in [0, 0.1) is 0 Å². The van der Waals surface area contributed by atoms with Crippen LogP contribution < -0.4 is 4.74 Å².